The number of imide groups is 1. The highest BCUT2D eigenvalue weighted by Gasteiger charge is 2.64. The first-order chi connectivity index (χ1) is 17.8. The number of alkyl halides is 2. The maximum atomic E-state index is 14.9. The lowest BCUT2D eigenvalue weighted by Gasteiger charge is -2.59. The molecular weight excluding hydrogens is 519 g/mol. The maximum absolute atomic E-state index is 14.9. The van der Waals surface area contributed by atoms with E-state index in [2.05, 4.69) is 10.6 Å². The Balaban J connectivity index is 1.63. The summed E-state index contributed by atoms with van der Waals surface area (Å²) in [5.74, 6) is -6.62. The first kappa shape index (κ1) is 29.1. The first-order valence-corrected chi connectivity index (χ1v) is 12.9. The van der Waals surface area contributed by atoms with Gasteiger partial charge in [0.05, 0.1) is 5.44 Å². The lowest BCUT2D eigenvalue weighted by Crippen LogP contribution is -2.75. The summed E-state index contributed by atoms with van der Waals surface area (Å²) in [6.45, 7) is 0.0740. The lowest BCUT2D eigenvalue weighted by atomic mass is 9.21. The number of rotatable bonds is 5. The van der Waals surface area contributed by atoms with E-state index < -0.39 is 50.4 Å². The number of halogens is 3. The van der Waals surface area contributed by atoms with Gasteiger partial charge in [0.1, 0.15) is 54.9 Å². The number of nitrogens with zero attached hydrogens (tertiary/aromatic N) is 1. The second-order valence-electron chi connectivity index (χ2n) is 12.0. The lowest BCUT2D eigenvalue weighted by molar-refractivity contribution is -0.147. The summed E-state index contributed by atoms with van der Waals surface area (Å²) >= 11 is 5.79. The van der Waals surface area contributed by atoms with Gasteiger partial charge in [-0.3, -0.25) is 24.5 Å². The van der Waals surface area contributed by atoms with Crippen LogP contribution in [-0.4, -0.2) is 88.9 Å². The molecule has 17 heteroatoms. The molecule has 0 saturated carbocycles. The second-order valence-corrected chi connectivity index (χ2v) is 12.5. The molecular formula is C22H25B7ClF2N3O4. The molecule has 2 aliphatic heterocycles. The fourth-order valence-electron chi connectivity index (χ4n) is 5.31. The van der Waals surface area contributed by atoms with Crippen LogP contribution in [-0.2, 0) is 32.2 Å². The SMILES string of the molecule is BC(B)(NC(=O)C(F)(F)c1ccc(Cl)cc1)c1ccc2c(c1)CN([C@@]1(B)C(=O)NC(=O)C(B)(B)C1(B)B)C2=O. The number of amides is 4. The van der Waals surface area contributed by atoms with E-state index in [1.54, 1.807) is 73.1 Å². The summed E-state index contributed by atoms with van der Waals surface area (Å²) in [5.41, 5.74) is -0.385. The topological polar surface area (TPSA) is 95.6 Å². The van der Waals surface area contributed by atoms with Crippen molar-refractivity contribution < 1.29 is 28.0 Å². The zero-order valence-electron chi connectivity index (χ0n) is 23.0. The van der Waals surface area contributed by atoms with Gasteiger partial charge in [-0.1, -0.05) is 41.1 Å². The Kier molecular flexibility index (Phi) is 6.78. The predicted octanol–water partition coefficient (Wildman–Crippen LogP) is -4.67. The van der Waals surface area contributed by atoms with E-state index in [9.17, 15) is 28.0 Å². The Morgan fingerprint density at radius 1 is 0.949 bits per heavy atom. The van der Waals surface area contributed by atoms with Gasteiger partial charge in [-0.15, -0.1) is 0 Å². The van der Waals surface area contributed by atoms with Crippen molar-refractivity contribution in [3.8, 4) is 0 Å². The number of carbonyl (C=O) groups excluding carboxylic acids is 4. The van der Waals surface area contributed by atoms with Gasteiger partial charge in [0.2, 0.25) is 11.8 Å². The van der Waals surface area contributed by atoms with Crippen molar-refractivity contribution >= 4 is 90.2 Å². The smallest absolute Gasteiger partial charge is 0.349 e. The van der Waals surface area contributed by atoms with E-state index in [0.29, 0.717) is 16.7 Å². The number of fused-ring (bicyclic) bond motifs is 1. The molecule has 2 heterocycles. The van der Waals surface area contributed by atoms with E-state index in [0.717, 1.165) is 12.1 Å². The fraction of sp³-hybridized carbons (Fsp3) is 0.273. The van der Waals surface area contributed by atoms with Crippen molar-refractivity contribution in [3.05, 3.63) is 69.7 Å². The summed E-state index contributed by atoms with van der Waals surface area (Å²) in [7, 11) is 11.9. The van der Waals surface area contributed by atoms with Gasteiger partial charge in [-0.2, -0.15) is 8.78 Å². The molecule has 0 aliphatic carbocycles. The summed E-state index contributed by atoms with van der Waals surface area (Å²) in [6.07, 6.45) is 0. The highest BCUT2D eigenvalue weighted by molar-refractivity contribution is 6.66. The zero-order chi connectivity index (χ0) is 29.3. The van der Waals surface area contributed by atoms with Crippen molar-refractivity contribution in [1.29, 1.82) is 0 Å². The number of hydrogen-bond acceptors (Lipinski definition) is 4. The van der Waals surface area contributed by atoms with Crippen LogP contribution < -0.4 is 10.6 Å². The van der Waals surface area contributed by atoms with E-state index in [1.807, 2.05) is 0 Å². The molecule has 2 N–H and O–H groups in total. The Hall–Kier alpha value is -2.88. The van der Waals surface area contributed by atoms with Crippen LogP contribution in [0.5, 0.6) is 0 Å². The summed E-state index contributed by atoms with van der Waals surface area (Å²) in [4.78, 5) is 53.6. The monoisotopic (exact) mass is 545 g/mol. The van der Waals surface area contributed by atoms with Crippen molar-refractivity contribution in [2.75, 3.05) is 0 Å². The molecule has 2 aromatic carbocycles. The van der Waals surface area contributed by atoms with E-state index in [-0.39, 0.29) is 17.5 Å². The Bertz CT molecular complexity index is 1420. The maximum Gasteiger partial charge on any atom is 0.349 e. The number of piperidine rings is 1. The van der Waals surface area contributed by atoms with Crippen LogP contribution >= 0.6 is 11.6 Å². The van der Waals surface area contributed by atoms with Gasteiger partial charge in [-0.05, 0) is 34.5 Å². The third-order valence-electron chi connectivity index (χ3n) is 9.11. The molecule has 4 amide bonds. The minimum Gasteiger partial charge on any atom is -0.357 e. The van der Waals surface area contributed by atoms with E-state index in [4.69, 9.17) is 11.6 Å². The quantitative estimate of drug-likeness (QED) is 0.293. The average Bonchev–Trinajstić information content (AvgIpc) is 3.18. The standard InChI is InChI=1S/C22H25B7ClF2N3O4/c23-19(24)16(38)33-17(39)20(25,22(19,28)29)35-8-9-7-11(3-6-13(9)14(35)36)21(26,27)34-15(37)18(31,32)10-1-4-12(30)5-2-10/h1-7H,8,23-29H2,(H,34,37)(H,33,38,39)/t20-/m0/s1. The van der Waals surface area contributed by atoms with Gasteiger partial charge < -0.3 is 10.2 Å². The predicted molar refractivity (Wildman–Crippen MR) is 163 cm³/mol. The number of nitrogens with one attached hydrogen (secondary N) is 2. The van der Waals surface area contributed by atoms with Crippen LogP contribution in [0.2, 0.25) is 15.5 Å². The molecule has 0 unspecified atom stereocenters. The van der Waals surface area contributed by atoms with Crippen molar-refractivity contribution in [1.82, 2.24) is 15.5 Å². The third-order valence-corrected chi connectivity index (χ3v) is 9.36. The first-order valence-electron chi connectivity index (χ1n) is 12.6. The zero-order valence-corrected chi connectivity index (χ0v) is 23.7. The molecule has 0 bridgehead atoms. The summed E-state index contributed by atoms with van der Waals surface area (Å²) < 4.78 is 29.9. The molecule has 0 radical (unpaired) electrons. The van der Waals surface area contributed by atoms with Gasteiger partial charge in [0.15, 0.2) is 0 Å². The molecule has 2 aliphatic rings. The fourth-order valence-corrected chi connectivity index (χ4v) is 5.44. The average molecular weight is 545 g/mol. The molecule has 0 spiro atoms. The Morgan fingerprint density at radius 2 is 1.51 bits per heavy atom. The highest BCUT2D eigenvalue weighted by Crippen LogP contribution is 2.55. The van der Waals surface area contributed by atoms with Crippen LogP contribution in [0.1, 0.15) is 27.0 Å². The molecule has 1 fully saturated rings. The molecule has 1 saturated heterocycles. The van der Waals surface area contributed by atoms with Gasteiger partial charge >= 0.3 is 5.92 Å². The van der Waals surface area contributed by atoms with Crippen LogP contribution in [0.15, 0.2) is 42.5 Å². The number of benzene rings is 2. The van der Waals surface area contributed by atoms with Crippen molar-refractivity contribution in [3.63, 3.8) is 0 Å². The molecule has 7 nitrogen and oxygen atoms in total. The number of hydrogen-bond donors (Lipinski definition) is 2. The molecule has 194 valence electrons. The normalized spacial score (nSPS) is 22.2. The van der Waals surface area contributed by atoms with Crippen LogP contribution in [0.25, 0.3) is 0 Å². The Labute approximate surface area is 236 Å². The molecule has 2 aromatic rings. The van der Waals surface area contributed by atoms with Gasteiger partial charge in [-0.25, -0.2) is 0 Å². The minimum absolute atomic E-state index is 0.0740. The van der Waals surface area contributed by atoms with Gasteiger partial charge in [0, 0.05) is 28.0 Å². The minimum atomic E-state index is -3.80. The van der Waals surface area contributed by atoms with Crippen LogP contribution in [0, 0.1) is 0 Å². The van der Waals surface area contributed by atoms with Crippen LogP contribution in [0.4, 0.5) is 8.78 Å². The van der Waals surface area contributed by atoms with E-state index >= 15 is 0 Å². The second kappa shape index (κ2) is 9.08. The highest BCUT2D eigenvalue weighted by atomic mass is 35.5. The molecule has 1 atom stereocenters. The molecule has 4 rings (SSSR count). The van der Waals surface area contributed by atoms with Crippen molar-refractivity contribution in [2.24, 2.45) is 0 Å². The third kappa shape index (κ3) is 4.26. The molecule has 39 heavy (non-hydrogen) atoms. The number of carbonyl (C=O) groups is 4. The van der Waals surface area contributed by atoms with Crippen LogP contribution in [0.3, 0.4) is 0 Å². The summed E-state index contributed by atoms with van der Waals surface area (Å²) in [6, 6.07) is 9.64. The van der Waals surface area contributed by atoms with Gasteiger partial charge in [0.25, 0.3) is 11.8 Å². The Morgan fingerprint density at radius 3 is 2.10 bits per heavy atom. The largest absolute Gasteiger partial charge is 0.357 e. The molecule has 0 aromatic heterocycles. The summed E-state index contributed by atoms with van der Waals surface area (Å²) in [5, 5.41) is 2.01. The van der Waals surface area contributed by atoms with E-state index in [1.165, 1.54) is 17.0 Å². The van der Waals surface area contributed by atoms with Crippen molar-refractivity contribution in [2.45, 2.75) is 33.7 Å².